The van der Waals surface area contributed by atoms with E-state index in [1.807, 2.05) is 31.2 Å². The maximum atomic E-state index is 12.2. The van der Waals surface area contributed by atoms with Crippen molar-refractivity contribution >= 4 is 29.1 Å². The molecular formula is C14H17Cl2NO2. The van der Waals surface area contributed by atoms with Crippen molar-refractivity contribution in [2.45, 2.75) is 18.9 Å². The zero-order valence-corrected chi connectivity index (χ0v) is 12.3. The molecule has 1 N–H and O–H groups in total. The van der Waals surface area contributed by atoms with Crippen molar-refractivity contribution in [3.63, 3.8) is 0 Å². The number of halogens is 2. The minimum Gasteiger partial charge on any atom is -0.492 e. The van der Waals surface area contributed by atoms with Crippen LogP contribution in [0.15, 0.2) is 24.3 Å². The zero-order valence-electron chi connectivity index (χ0n) is 10.8. The van der Waals surface area contributed by atoms with Crippen LogP contribution in [-0.2, 0) is 11.2 Å². The summed E-state index contributed by atoms with van der Waals surface area (Å²) in [4.78, 5) is 12.2. The van der Waals surface area contributed by atoms with Crippen LogP contribution in [0.2, 0.25) is 0 Å². The lowest BCUT2D eigenvalue weighted by atomic mass is 9.95. The van der Waals surface area contributed by atoms with E-state index >= 15 is 0 Å². The quantitative estimate of drug-likeness (QED) is 0.868. The third-order valence-corrected chi connectivity index (χ3v) is 4.44. The summed E-state index contributed by atoms with van der Waals surface area (Å²) in [6.45, 7) is 2.23. The second-order valence-electron chi connectivity index (χ2n) is 5.14. The number of benzene rings is 1. The van der Waals surface area contributed by atoms with Crippen LogP contribution < -0.4 is 10.1 Å². The lowest BCUT2D eigenvalue weighted by molar-refractivity contribution is -0.127. The summed E-state index contributed by atoms with van der Waals surface area (Å²) in [7, 11) is 0. The molecule has 0 spiro atoms. The molecule has 1 aromatic carbocycles. The predicted octanol–water partition coefficient (Wildman–Crippen LogP) is 2.59. The van der Waals surface area contributed by atoms with E-state index in [1.54, 1.807) is 0 Å². The Bertz CT molecular complexity index is 461. The standard InChI is InChI=1S/C14H17Cl2NO2/c1-14(8-15,9-16)17-13(18)11-6-10-4-2-3-5-12(10)19-7-11/h2-5,11H,6-9H2,1H3,(H,17,18). The number of hydrogen-bond donors (Lipinski definition) is 1. The Morgan fingerprint density at radius 1 is 1.42 bits per heavy atom. The molecule has 0 aromatic heterocycles. The molecular weight excluding hydrogens is 285 g/mol. The van der Waals surface area contributed by atoms with Gasteiger partial charge in [-0.05, 0) is 25.0 Å². The second kappa shape index (κ2) is 6.02. The number of ether oxygens (including phenoxy) is 1. The Hall–Kier alpha value is -0.930. The van der Waals surface area contributed by atoms with E-state index in [0.29, 0.717) is 13.0 Å². The van der Waals surface area contributed by atoms with Gasteiger partial charge in [-0.3, -0.25) is 4.79 Å². The van der Waals surface area contributed by atoms with Gasteiger partial charge in [-0.2, -0.15) is 0 Å². The number of hydrogen-bond acceptors (Lipinski definition) is 2. The van der Waals surface area contributed by atoms with Crippen molar-refractivity contribution in [1.82, 2.24) is 5.32 Å². The Kier molecular flexibility index (Phi) is 4.58. The van der Waals surface area contributed by atoms with Gasteiger partial charge >= 0.3 is 0 Å². The van der Waals surface area contributed by atoms with Crippen LogP contribution in [0.5, 0.6) is 5.75 Å². The molecule has 5 heteroatoms. The summed E-state index contributed by atoms with van der Waals surface area (Å²) in [5, 5.41) is 2.91. The lowest BCUT2D eigenvalue weighted by Gasteiger charge is -2.30. The number of amides is 1. The number of nitrogens with one attached hydrogen (secondary N) is 1. The van der Waals surface area contributed by atoms with Crippen LogP contribution in [0.3, 0.4) is 0 Å². The molecule has 0 radical (unpaired) electrons. The molecule has 1 aromatic rings. The second-order valence-corrected chi connectivity index (χ2v) is 5.67. The van der Waals surface area contributed by atoms with E-state index in [2.05, 4.69) is 5.32 Å². The van der Waals surface area contributed by atoms with Crippen molar-refractivity contribution in [3.8, 4) is 5.75 Å². The van der Waals surface area contributed by atoms with Gasteiger partial charge in [0.2, 0.25) is 5.91 Å². The molecule has 1 atom stereocenters. The lowest BCUT2D eigenvalue weighted by Crippen LogP contribution is -2.52. The SMILES string of the molecule is CC(CCl)(CCl)NC(=O)C1COc2ccccc2C1. The summed E-state index contributed by atoms with van der Waals surface area (Å²) in [6.07, 6.45) is 0.683. The number of rotatable bonds is 4. The highest BCUT2D eigenvalue weighted by atomic mass is 35.5. The van der Waals surface area contributed by atoms with Crippen molar-refractivity contribution in [2.75, 3.05) is 18.4 Å². The van der Waals surface area contributed by atoms with Gasteiger partial charge in [-0.25, -0.2) is 0 Å². The van der Waals surface area contributed by atoms with Crippen molar-refractivity contribution in [3.05, 3.63) is 29.8 Å². The van der Waals surface area contributed by atoms with E-state index in [-0.39, 0.29) is 23.6 Å². The largest absolute Gasteiger partial charge is 0.492 e. The maximum absolute atomic E-state index is 12.2. The van der Waals surface area contributed by atoms with E-state index in [0.717, 1.165) is 11.3 Å². The van der Waals surface area contributed by atoms with Crippen LogP contribution in [0.4, 0.5) is 0 Å². The van der Waals surface area contributed by atoms with Crippen molar-refractivity contribution in [2.24, 2.45) is 5.92 Å². The van der Waals surface area contributed by atoms with Gasteiger partial charge in [-0.1, -0.05) is 18.2 Å². The van der Waals surface area contributed by atoms with Gasteiger partial charge in [-0.15, -0.1) is 23.2 Å². The molecule has 3 nitrogen and oxygen atoms in total. The highest BCUT2D eigenvalue weighted by Gasteiger charge is 2.31. The summed E-state index contributed by atoms with van der Waals surface area (Å²) >= 11 is 11.7. The Morgan fingerprint density at radius 3 is 2.79 bits per heavy atom. The predicted molar refractivity (Wildman–Crippen MR) is 77.1 cm³/mol. The Balaban J connectivity index is 2.03. The van der Waals surface area contributed by atoms with Crippen LogP contribution in [-0.4, -0.2) is 29.8 Å². The van der Waals surface area contributed by atoms with Crippen LogP contribution in [0, 0.1) is 5.92 Å². The first-order chi connectivity index (χ1) is 9.08. The fourth-order valence-electron chi connectivity index (χ4n) is 2.00. The molecule has 1 heterocycles. The van der Waals surface area contributed by atoms with Gasteiger partial charge < -0.3 is 10.1 Å². The number of para-hydroxylation sites is 1. The first-order valence-corrected chi connectivity index (χ1v) is 7.29. The summed E-state index contributed by atoms with van der Waals surface area (Å²) in [6, 6.07) is 7.78. The molecule has 0 saturated heterocycles. The third kappa shape index (κ3) is 3.34. The van der Waals surface area contributed by atoms with E-state index < -0.39 is 5.54 Å². The fourth-order valence-corrected chi connectivity index (χ4v) is 2.42. The molecule has 19 heavy (non-hydrogen) atoms. The Labute approximate surface area is 123 Å². The summed E-state index contributed by atoms with van der Waals surface area (Å²) in [5.41, 5.74) is 0.490. The molecule has 0 aliphatic carbocycles. The molecule has 104 valence electrons. The molecule has 0 fully saturated rings. The average molecular weight is 302 g/mol. The molecule has 0 saturated carbocycles. The Morgan fingerprint density at radius 2 is 2.11 bits per heavy atom. The van der Waals surface area contributed by atoms with Gasteiger partial charge in [0.15, 0.2) is 0 Å². The van der Waals surface area contributed by atoms with Crippen LogP contribution >= 0.6 is 23.2 Å². The third-order valence-electron chi connectivity index (χ3n) is 3.26. The summed E-state index contributed by atoms with van der Waals surface area (Å²) < 4.78 is 5.61. The molecule has 1 unspecified atom stereocenters. The highest BCUT2D eigenvalue weighted by Crippen LogP contribution is 2.27. The first kappa shape index (κ1) is 14.5. The number of carbonyl (C=O) groups is 1. The van der Waals surface area contributed by atoms with Gasteiger partial charge in [0.25, 0.3) is 0 Å². The molecule has 0 bridgehead atoms. The number of alkyl halides is 2. The average Bonchev–Trinajstić information content (AvgIpc) is 2.46. The monoisotopic (exact) mass is 301 g/mol. The van der Waals surface area contributed by atoms with Gasteiger partial charge in [0, 0.05) is 11.8 Å². The first-order valence-electron chi connectivity index (χ1n) is 6.22. The molecule has 2 rings (SSSR count). The van der Waals surface area contributed by atoms with E-state index in [1.165, 1.54) is 0 Å². The number of fused-ring (bicyclic) bond motifs is 1. The number of carbonyl (C=O) groups excluding carboxylic acids is 1. The topological polar surface area (TPSA) is 38.3 Å². The smallest absolute Gasteiger partial charge is 0.227 e. The maximum Gasteiger partial charge on any atom is 0.227 e. The molecule has 1 aliphatic rings. The minimum atomic E-state index is -0.572. The zero-order chi connectivity index (χ0) is 13.9. The fraction of sp³-hybridized carbons (Fsp3) is 0.500. The van der Waals surface area contributed by atoms with Crippen molar-refractivity contribution < 1.29 is 9.53 Å². The summed E-state index contributed by atoms with van der Waals surface area (Å²) in [5.74, 6) is 1.18. The van der Waals surface area contributed by atoms with Gasteiger partial charge in [0.1, 0.15) is 12.4 Å². The van der Waals surface area contributed by atoms with E-state index in [9.17, 15) is 4.79 Å². The minimum absolute atomic E-state index is 0.0571. The van der Waals surface area contributed by atoms with Crippen LogP contribution in [0.25, 0.3) is 0 Å². The normalized spacial score (nSPS) is 18.4. The highest BCUT2D eigenvalue weighted by molar-refractivity contribution is 6.22. The van der Waals surface area contributed by atoms with Crippen molar-refractivity contribution in [1.29, 1.82) is 0 Å². The van der Waals surface area contributed by atoms with E-state index in [4.69, 9.17) is 27.9 Å². The molecule has 1 aliphatic heterocycles. The van der Waals surface area contributed by atoms with Crippen LogP contribution in [0.1, 0.15) is 12.5 Å². The van der Waals surface area contributed by atoms with Gasteiger partial charge in [0.05, 0.1) is 11.5 Å². The molecule has 1 amide bonds.